The fourth-order valence-corrected chi connectivity index (χ4v) is 4.14. The number of hydrogen-bond donors (Lipinski definition) is 1. The van der Waals surface area contributed by atoms with Crippen LogP contribution in [0, 0.1) is 0 Å². The van der Waals surface area contributed by atoms with E-state index in [0.29, 0.717) is 0 Å². The average Bonchev–Trinajstić information content (AvgIpc) is 2.69. The minimum absolute atomic E-state index is 0.0392. The van der Waals surface area contributed by atoms with Crippen LogP contribution in [0.1, 0.15) is 41.0 Å². The first-order valence-corrected chi connectivity index (χ1v) is 9.67. The molecule has 0 radical (unpaired) electrons. The number of carbonyl (C=O) groups is 1. The summed E-state index contributed by atoms with van der Waals surface area (Å²) in [5, 5.41) is 3.24. The first-order chi connectivity index (χ1) is 12.7. The molecule has 3 aromatic rings. The topological polar surface area (TPSA) is 29.1 Å². The van der Waals surface area contributed by atoms with Crippen molar-refractivity contribution >= 4 is 21.8 Å². The summed E-state index contributed by atoms with van der Waals surface area (Å²) in [6.07, 6.45) is 0.886. The Morgan fingerprint density at radius 3 is 1.92 bits per heavy atom. The molecule has 1 heterocycles. The Labute approximate surface area is 162 Å². The predicted octanol–water partition coefficient (Wildman–Crippen LogP) is 5.58. The van der Waals surface area contributed by atoms with E-state index in [9.17, 15) is 4.79 Å². The van der Waals surface area contributed by atoms with Crippen LogP contribution in [-0.4, -0.2) is 5.91 Å². The van der Waals surface area contributed by atoms with E-state index in [1.807, 2.05) is 36.4 Å². The molecule has 1 amide bonds. The molecule has 3 unspecified atom stereocenters. The van der Waals surface area contributed by atoms with Crippen molar-refractivity contribution in [3.8, 4) is 0 Å². The van der Waals surface area contributed by atoms with Crippen LogP contribution in [0.3, 0.4) is 0 Å². The van der Waals surface area contributed by atoms with Crippen LogP contribution in [0.4, 0.5) is 0 Å². The van der Waals surface area contributed by atoms with Crippen molar-refractivity contribution < 1.29 is 4.79 Å². The molecule has 1 fully saturated rings. The Bertz CT molecular complexity index is 877. The summed E-state index contributed by atoms with van der Waals surface area (Å²) in [6.45, 7) is 0. The Morgan fingerprint density at radius 1 is 0.731 bits per heavy atom. The van der Waals surface area contributed by atoms with Crippen molar-refractivity contribution in [2.45, 2.75) is 24.3 Å². The van der Waals surface area contributed by atoms with E-state index in [1.54, 1.807) is 0 Å². The van der Waals surface area contributed by atoms with Crippen LogP contribution in [0.15, 0.2) is 89.4 Å². The first kappa shape index (κ1) is 17.0. The van der Waals surface area contributed by atoms with Crippen molar-refractivity contribution in [2.24, 2.45) is 0 Å². The molecular formula is C23H20BrNO. The minimum atomic E-state index is -0.169. The number of hydrogen-bond acceptors (Lipinski definition) is 1. The van der Waals surface area contributed by atoms with E-state index >= 15 is 0 Å². The second-order valence-electron chi connectivity index (χ2n) is 6.75. The van der Waals surface area contributed by atoms with Gasteiger partial charge in [0.15, 0.2) is 0 Å². The van der Waals surface area contributed by atoms with E-state index in [1.165, 1.54) is 5.56 Å². The molecule has 1 aliphatic heterocycles. The number of piperidine rings is 1. The summed E-state index contributed by atoms with van der Waals surface area (Å²) in [4.78, 5) is 13.1. The van der Waals surface area contributed by atoms with Crippen LogP contribution in [0.25, 0.3) is 0 Å². The van der Waals surface area contributed by atoms with Crippen LogP contribution in [0.5, 0.6) is 0 Å². The van der Waals surface area contributed by atoms with E-state index in [4.69, 9.17) is 0 Å². The van der Waals surface area contributed by atoms with Gasteiger partial charge in [-0.15, -0.1) is 0 Å². The zero-order valence-corrected chi connectivity index (χ0v) is 15.9. The van der Waals surface area contributed by atoms with Gasteiger partial charge in [0, 0.05) is 10.4 Å². The lowest BCUT2D eigenvalue weighted by atomic mass is 9.73. The van der Waals surface area contributed by atoms with E-state index in [0.717, 1.165) is 22.0 Å². The van der Waals surface area contributed by atoms with Gasteiger partial charge in [0.2, 0.25) is 5.91 Å². The van der Waals surface area contributed by atoms with E-state index < -0.39 is 0 Å². The number of nitrogens with one attached hydrogen (secondary N) is 1. The van der Waals surface area contributed by atoms with E-state index in [-0.39, 0.29) is 23.8 Å². The van der Waals surface area contributed by atoms with Gasteiger partial charge in [-0.2, -0.15) is 0 Å². The van der Waals surface area contributed by atoms with Crippen LogP contribution in [0.2, 0.25) is 0 Å². The molecule has 0 aliphatic carbocycles. The highest BCUT2D eigenvalue weighted by Gasteiger charge is 2.38. The van der Waals surface area contributed by atoms with E-state index in [2.05, 4.69) is 69.8 Å². The summed E-state index contributed by atoms with van der Waals surface area (Å²) in [6, 6.07) is 28.8. The lowest BCUT2D eigenvalue weighted by Gasteiger charge is -2.37. The Kier molecular flexibility index (Phi) is 4.89. The van der Waals surface area contributed by atoms with Crippen molar-refractivity contribution in [1.29, 1.82) is 0 Å². The maximum Gasteiger partial charge on any atom is 0.228 e. The molecule has 1 aliphatic rings. The third-order valence-electron chi connectivity index (χ3n) is 5.15. The SMILES string of the molecule is O=C1NC(c2ccccc2)CC(c2ccc(Br)cc2)C1c1ccccc1. The molecule has 3 heteroatoms. The van der Waals surface area contributed by atoms with Gasteiger partial charge in [0.05, 0.1) is 12.0 Å². The first-order valence-electron chi connectivity index (χ1n) is 8.88. The normalized spacial score (nSPS) is 22.7. The molecule has 1 saturated heterocycles. The molecule has 26 heavy (non-hydrogen) atoms. The highest BCUT2D eigenvalue weighted by molar-refractivity contribution is 9.10. The quantitative estimate of drug-likeness (QED) is 0.605. The lowest BCUT2D eigenvalue weighted by molar-refractivity contribution is -0.125. The van der Waals surface area contributed by atoms with Gasteiger partial charge in [-0.3, -0.25) is 4.79 Å². The summed E-state index contributed by atoms with van der Waals surface area (Å²) >= 11 is 3.51. The molecule has 0 bridgehead atoms. The second kappa shape index (κ2) is 7.46. The van der Waals surface area contributed by atoms with Gasteiger partial charge in [-0.25, -0.2) is 0 Å². The van der Waals surface area contributed by atoms with Crippen LogP contribution in [-0.2, 0) is 4.79 Å². The Hall–Kier alpha value is -2.39. The largest absolute Gasteiger partial charge is 0.349 e. The molecular weight excluding hydrogens is 386 g/mol. The zero-order chi connectivity index (χ0) is 17.9. The van der Waals surface area contributed by atoms with Gasteiger partial charge in [0.25, 0.3) is 0 Å². The van der Waals surface area contributed by atoms with Crippen molar-refractivity contribution in [3.63, 3.8) is 0 Å². The van der Waals surface area contributed by atoms with Crippen molar-refractivity contribution in [2.75, 3.05) is 0 Å². The Balaban J connectivity index is 1.74. The van der Waals surface area contributed by atoms with Gasteiger partial charge >= 0.3 is 0 Å². The summed E-state index contributed by atoms with van der Waals surface area (Å²) in [5.74, 6) is 0.0750. The second-order valence-corrected chi connectivity index (χ2v) is 7.67. The highest BCUT2D eigenvalue weighted by atomic mass is 79.9. The molecule has 0 spiro atoms. The molecule has 0 aromatic heterocycles. The van der Waals surface area contributed by atoms with Gasteiger partial charge in [-0.05, 0) is 35.2 Å². The number of rotatable bonds is 3. The summed E-state index contributed by atoms with van der Waals surface area (Å²) in [7, 11) is 0. The fraction of sp³-hybridized carbons (Fsp3) is 0.174. The summed E-state index contributed by atoms with van der Waals surface area (Å²) < 4.78 is 1.05. The standard InChI is InChI=1S/C23H20BrNO/c24-19-13-11-16(12-14-19)20-15-21(17-7-3-1-4-8-17)25-23(26)22(20)18-9-5-2-6-10-18/h1-14,20-22H,15H2,(H,25,26). The fourth-order valence-electron chi connectivity index (χ4n) is 3.88. The van der Waals surface area contributed by atoms with Gasteiger partial charge < -0.3 is 5.32 Å². The highest BCUT2D eigenvalue weighted by Crippen LogP contribution is 2.43. The molecule has 0 saturated carbocycles. The third kappa shape index (κ3) is 3.45. The Morgan fingerprint density at radius 2 is 1.31 bits per heavy atom. The van der Waals surface area contributed by atoms with Crippen LogP contribution < -0.4 is 5.32 Å². The molecule has 2 nitrogen and oxygen atoms in total. The zero-order valence-electron chi connectivity index (χ0n) is 14.3. The lowest BCUT2D eigenvalue weighted by Crippen LogP contribution is -2.41. The van der Waals surface area contributed by atoms with Crippen molar-refractivity contribution in [3.05, 3.63) is 106 Å². The average molecular weight is 406 g/mol. The minimum Gasteiger partial charge on any atom is -0.349 e. The molecule has 4 rings (SSSR count). The molecule has 130 valence electrons. The molecule has 3 atom stereocenters. The van der Waals surface area contributed by atoms with Gasteiger partial charge in [-0.1, -0.05) is 88.7 Å². The number of benzene rings is 3. The van der Waals surface area contributed by atoms with Crippen molar-refractivity contribution in [1.82, 2.24) is 5.32 Å². The predicted molar refractivity (Wildman–Crippen MR) is 108 cm³/mol. The maximum atomic E-state index is 13.1. The summed E-state index contributed by atoms with van der Waals surface area (Å²) in [5.41, 5.74) is 3.44. The monoisotopic (exact) mass is 405 g/mol. The van der Waals surface area contributed by atoms with Gasteiger partial charge in [0.1, 0.15) is 0 Å². The van der Waals surface area contributed by atoms with Crippen LogP contribution >= 0.6 is 15.9 Å². The smallest absolute Gasteiger partial charge is 0.228 e. The maximum absolute atomic E-state index is 13.1. The number of halogens is 1. The molecule has 3 aromatic carbocycles. The number of carbonyl (C=O) groups excluding carboxylic acids is 1. The molecule has 1 N–H and O–H groups in total. The third-order valence-corrected chi connectivity index (χ3v) is 5.68. The number of amides is 1.